The van der Waals surface area contributed by atoms with E-state index in [1.165, 1.54) is 4.90 Å². The lowest BCUT2D eigenvalue weighted by Crippen LogP contribution is -2.59. The number of nitrogens with one attached hydrogen (secondary N) is 2. The summed E-state index contributed by atoms with van der Waals surface area (Å²) in [7, 11) is 0.969. The van der Waals surface area contributed by atoms with Crippen molar-refractivity contribution in [2.24, 2.45) is 7.05 Å². The Balaban J connectivity index is 1.33. The van der Waals surface area contributed by atoms with Crippen LogP contribution in [0.5, 0.6) is 0 Å². The third-order valence-electron chi connectivity index (χ3n) is 9.00. The molecule has 264 valence electrons. The van der Waals surface area contributed by atoms with Gasteiger partial charge < -0.3 is 29.7 Å². The molecule has 0 aromatic carbocycles. The molecular weight excluding hydrogens is 655 g/mol. The van der Waals surface area contributed by atoms with E-state index in [4.69, 9.17) is 9.84 Å². The molecule has 17 heteroatoms. The molecule has 2 fully saturated rings. The van der Waals surface area contributed by atoms with Crippen LogP contribution in [-0.2, 0) is 24.7 Å². The third-order valence-corrected chi connectivity index (χ3v) is 10.7. The van der Waals surface area contributed by atoms with Gasteiger partial charge in [-0.1, -0.05) is 19.6 Å². The lowest BCUT2D eigenvalue weighted by Gasteiger charge is -2.42. The maximum absolute atomic E-state index is 15.7. The van der Waals surface area contributed by atoms with Crippen molar-refractivity contribution in [1.82, 2.24) is 29.5 Å². The maximum Gasteiger partial charge on any atom is 0.417 e. The number of urea groups is 1. The summed E-state index contributed by atoms with van der Waals surface area (Å²) >= 11 is 0. The summed E-state index contributed by atoms with van der Waals surface area (Å²) in [6.45, 7) is 8.83. The van der Waals surface area contributed by atoms with Gasteiger partial charge in [0.1, 0.15) is 18.5 Å². The van der Waals surface area contributed by atoms with Crippen LogP contribution in [0, 0.1) is 0 Å². The number of nitrogens with zero attached hydrogens (tertiary/aromatic N) is 6. The SMILES string of the molecule is CN(C(=O)Nc1cc(C(F)(F)F)cn(C)c1=O)C1CCN(c2cnc3c(c2)c(C2CCNCC2)nn3COCC[Si](C)(C)C)CC1(F)F. The fraction of sp³-hybridized carbons (Fsp3) is 0.613. The Kier molecular flexibility index (Phi) is 10.2. The highest BCUT2D eigenvalue weighted by molar-refractivity contribution is 6.76. The Bertz CT molecular complexity index is 1680. The molecule has 0 spiro atoms. The van der Waals surface area contributed by atoms with Gasteiger partial charge in [-0.3, -0.25) is 4.79 Å². The van der Waals surface area contributed by atoms with Crippen LogP contribution in [-0.4, -0.2) is 90.1 Å². The van der Waals surface area contributed by atoms with Crippen LogP contribution in [0.4, 0.5) is 38.1 Å². The predicted octanol–water partition coefficient (Wildman–Crippen LogP) is 5.31. The summed E-state index contributed by atoms with van der Waals surface area (Å²) < 4.78 is 79.7. The van der Waals surface area contributed by atoms with Crippen LogP contribution >= 0.6 is 0 Å². The van der Waals surface area contributed by atoms with Crippen LogP contribution in [0.3, 0.4) is 0 Å². The minimum Gasteiger partial charge on any atom is -0.364 e. The first kappa shape index (κ1) is 35.7. The second-order valence-corrected chi connectivity index (χ2v) is 19.5. The van der Waals surface area contributed by atoms with E-state index in [0.29, 0.717) is 34.8 Å². The number of ether oxygens (including phenoxy) is 1. The van der Waals surface area contributed by atoms with Gasteiger partial charge >= 0.3 is 12.2 Å². The first-order valence-electron chi connectivity index (χ1n) is 16.0. The molecular formula is C31H43F5N8O3Si. The van der Waals surface area contributed by atoms with Gasteiger partial charge in [0.2, 0.25) is 0 Å². The quantitative estimate of drug-likeness (QED) is 0.177. The molecule has 1 unspecified atom stereocenters. The zero-order valence-corrected chi connectivity index (χ0v) is 28.8. The lowest BCUT2D eigenvalue weighted by molar-refractivity contribution is -0.138. The number of halogens is 5. The monoisotopic (exact) mass is 698 g/mol. The van der Waals surface area contributed by atoms with Crippen LogP contribution in [0.25, 0.3) is 11.0 Å². The summed E-state index contributed by atoms with van der Waals surface area (Å²) in [6, 6.07) is 0.676. The molecule has 2 aliphatic heterocycles. The van der Waals surface area contributed by atoms with E-state index in [9.17, 15) is 22.8 Å². The third kappa shape index (κ3) is 8.00. The molecule has 48 heavy (non-hydrogen) atoms. The molecule has 11 nitrogen and oxygen atoms in total. The average Bonchev–Trinajstić information content (AvgIpc) is 3.37. The van der Waals surface area contributed by atoms with Crippen LogP contribution < -0.4 is 21.1 Å². The number of aryl methyl sites for hydroxylation is 1. The van der Waals surface area contributed by atoms with E-state index in [0.717, 1.165) is 62.1 Å². The minimum absolute atomic E-state index is 0.138. The van der Waals surface area contributed by atoms with Gasteiger partial charge in [0.05, 0.1) is 29.7 Å². The Hall–Kier alpha value is -3.57. The molecule has 2 amide bonds. The second-order valence-electron chi connectivity index (χ2n) is 13.9. The Morgan fingerprint density at radius 1 is 1.19 bits per heavy atom. The van der Waals surface area contributed by atoms with Crippen molar-refractivity contribution in [1.29, 1.82) is 0 Å². The number of carbonyl (C=O) groups excluding carboxylic acids is 1. The fourth-order valence-corrected chi connectivity index (χ4v) is 6.94. The first-order valence-corrected chi connectivity index (χ1v) is 19.7. The van der Waals surface area contributed by atoms with Gasteiger partial charge in [0, 0.05) is 52.8 Å². The Morgan fingerprint density at radius 2 is 1.90 bits per heavy atom. The highest BCUT2D eigenvalue weighted by atomic mass is 28.3. The number of alkyl halides is 5. The van der Waals surface area contributed by atoms with Gasteiger partial charge in [0.25, 0.3) is 11.5 Å². The van der Waals surface area contributed by atoms with E-state index in [2.05, 4.69) is 35.3 Å². The summed E-state index contributed by atoms with van der Waals surface area (Å²) in [6.07, 6.45) is -0.995. The predicted molar refractivity (Wildman–Crippen MR) is 176 cm³/mol. The molecule has 1 atom stereocenters. The molecule has 0 bridgehead atoms. The molecule has 2 saturated heterocycles. The van der Waals surface area contributed by atoms with Crippen molar-refractivity contribution in [3.63, 3.8) is 0 Å². The number of amides is 2. The van der Waals surface area contributed by atoms with Gasteiger partial charge in [-0.05, 0) is 50.5 Å². The number of rotatable bonds is 9. The molecule has 5 heterocycles. The van der Waals surface area contributed by atoms with Crippen molar-refractivity contribution >= 4 is 36.5 Å². The van der Waals surface area contributed by atoms with E-state index in [1.54, 1.807) is 10.9 Å². The lowest BCUT2D eigenvalue weighted by atomic mass is 9.93. The first-order chi connectivity index (χ1) is 22.4. The number of fused-ring (bicyclic) bond motifs is 1. The topological polar surface area (TPSA) is 110 Å². The van der Waals surface area contributed by atoms with Crippen molar-refractivity contribution < 1.29 is 31.5 Å². The molecule has 3 aromatic heterocycles. The van der Waals surface area contributed by atoms with Gasteiger partial charge in [-0.2, -0.15) is 18.3 Å². The molecule has 3 aromatic rings. The van der Waals surface area contributed by atoms with Crippen molar-refractivity contribution in [3.8, 4) is 0 Å². The molecule has 5 rings (SSSR count). The van der Waals surface area contributed by atoms with E-state index < -0.39 is 55.6 Å². The molecule has 0 saturated carbocycles. The van der Waals surface area contributed by atoms with E-state index in [-0.39, 0.29) is 25.6 Å². The normalized spacial score (nSPS) is 19.1. The number of hydrogen-bond acceptors (Lipinski definition) is 7. The minimum atomic E-state index is -4.78. The van der Waals surface area contributed by atoms with Crippen LogP contribution in [0.15, 0.2) is 29.3 Å². The summed E-state index contributed by atoms with van der Waals surface area (Å²) in [5.41, 5.74) is -0.729. The van der Waals surface area contributed by atoms with Crippen molar-refractivity contribution in [2.75, 3.05) is 50.1 Å². The van der Waals surface area contributed by atoms with Gasteiger partial charge in [0.15, 0.2) is 5.65 Å². The number of aromatic nitrogens is 4. The second kappa shape index (κ2) is 13.7. The summed E-state index contributed by atoms with van der Waals surface area (Å²) in [5, 5.41) is 11.1. The number of anilines is 2. The molecule has 0 aliphatic carbocycles. The summed E-state index contributed by atoms with van der Waals surface area (Å²) in [5.74, 6) is -3.22. The molecule has 2 aliphatic rings. The maximum atomic E-state index is 15.7. The number of pyridine rings is 2. The highest BCUT2D eigenvalue weighted by Gasteiger charge is 2.48. The standard InChI is InChI=1S/C31H43F5N8O3Si/c1-41-17-21(31(34,35)36)14-24(28(41)45)39-29(46)42(2)25-8-11-43(18-30(25,32)33)22-15-23-26(20-6-9-37-10-7-20)40-44(27(23)38-16-22)19-47-12-13-48(3,4)5/h14-17,20,25,37H,6-13,18-19H2,1-5H3,(H,39,46). The summed E-state index contributed by atoms with van der Waals surface area (Å²) in [4.78, 5) is 32.3. The smallest absolute Gasteiger partial charge is 0.364 e. The van der Waals surface area contributed by atoms with Gasteiger partial charge in [-0.25, -0.2) is 23.2 Å². The van der Waals surface area contributed by atoms with Gasteiger partial charge in [-0.15, -0.1) is 0 Å². The van der Waals surface area contributed by atoms with Crippen LogP contribution in [0.1, 0.15) is 36.4 Å². The van der Waals surface area contributed by atoms with E-state index >= 15 is 8.78 Å². The molecule has 0 radical (unpaired) electrons. The fourth-order valence-electron chi connectivity index (χ4n) is 6.19. The van der Waals surface area contributed by atoms with E-state index in [1.807, 2.05) is 6.07 Å². The van der Waals surface area contributed by atoms with Crippen molar-refractivity contribution in [3.05, 3.63) is 46.1 Å². The zero-order valence-electron chi connectivity index (χ0n) is 27.8. The molecule has 2 N–H and O–H groups in total. The Morgan fingerprint density at radius 3 is 2.54 bits per heavy atom. The van der Waals surface area contributed by atoms with Crippen molar-refractivity contribution in [2.45, 2.75) is 75.7 Å². The van der Waals surface area contributed by atoms with Crippen LogP contribution in [0.2, 0.25) is 25.7 Å². The number of carbonyl (C=O) groups is 1. The largest absolute Gasteiger partial charge is 0.417 e. The number of hydrogen-bond donors (Lipinski definition) is 2. The zero-order chi connectivity index (χ0) is 35.0. The average molecular weight is 699 g/mol. The highest BCUT2D eigenvalue weighted by Crippen LogP contribution is 2.37. The number of piperidine rings is 2. The Labute approximate surface area is 276 Å².